The van der Waals surface area contributed by atoms with Crippen LogP contribution in [-0.4, -0.2) is 30.4 Å². The van der Waals surface area contributed by atoms with Crippen molar-refractivity contribution >= 4 is 12.0 Å². The smallest absolute Gasteiger partial charge is 0.282 e. The van der Waals surface area contributed by atoms with Gasteiger partial charge in [-0.15, -0.1) is 0 Å². The standard InChI is InChI=1S/C14H12N2O5/c1-20-12-6-10(11(16(18)19)7-13(12)21-2)14-9(8-17)4-3-5-15-14/h3-8H,1-2H3. The second kappa shape index (κ2) is 6.00. The normalized spacial score (nSPS) is 10.0. The molecule has 0 saturated carbocycles. The average Bonchev–Trinajstić information content (AvgIpc) is 2.53. The Hall–Kier alpha value is -2.96. The molecule has 7 nitrogen and oxygen atoms in total. The molecule has 0 atom stereocenters. The Morgan fingerprint density at radius 2 is 1.90 bits per heavy atom. The molecule has 0 unspecified atom stereocenters. The molecule has 0 N–H and O–H groups in total. The molecule has 2 aromatic rings. The third-order valence-corrected chi connectivity index (χ3v) is 2.92. The summed E-state index contributed by atoms with van der Waals surface area (Å²) < 4.78 is 10.2. The summed E-state index contributed by atoms with van der Waals surface area (Å²) in [6.45, 7) is 0. The average molecular weight is 288 g/mol. The number of benzene rings is 1. The van der Waals surface area contributed by atoms with Gasteiger partial charge >= 0.3 is 0 Å². The van der Waals surface area contributed by atoms with Gasteiger partial charge in [0.25, 0.3) is 5.69 Å². The number of nitro benzene ring substituents is 1. The number of pyridine rings is 1. The number of carbonyl (C=O) groups excluding carboxylic acids is 1. The first kappa shape index (κ1) is 14.4. The molecule has 1 aromatic carbocycles. The van der Waals surface area contributed by atoms with Gasteiger partial charge in [0.05, 0.1) is 36.5 Å². The van der Waals surface area contributed by atoms with Crippen LogP contribution in [0.3, 0.4) is 0 Å². The molecule has 1 aromatic heterocycles. The second-order valence-corrected chi connectivity index (χ2v) is 4.04. The summed E-state index contributed by atoms with van der Waals surface area (Å²) in [4.78, 5) is 25.9. The molecule has 7 heteroatoms. The van der Waals surface area contributed by atoms with E-state index in [9.17, 15) is 14.9 Å². The summed E-state index contributed by atoms with van der Waals surface area (Å²) in [6.07, 6.45) is 2.06. The van der Waals surface area contributed by atoms with E-state index in [2.05, 4.69) is 4.98 Å². The minimum atomic E-state index is -0.555. The molecule has 1 heterocycles. The fraction of sp³-hybridized carbons (Fsp3) is 0.143. The van der Waals surface area contributed by atoms with Crippen molar-refractivity contribution in [3.05, 3.63) is 46.1 Å². The Bertz CT molecular complexity index is 700. The largest absolute Gasteiger partial charge is 0.493 e. The number of carbonyl (C=O) groups is 1. The summed E-state index contributed by atoms with van der Waals surface area (Å²) >= 11 is 0. The van der Waals surface area contributed by atoms with Gasteiger partial charge in [-0.2, -0.15) is 0 Å². The number of nitrogens with zero attached hydrogens (tertiary/aromatic N) is 2. The minimum absolute atomic E-state index is 0.195. The Labute approximate surface area is 120 Å². The summed E-state index contributed by atoms with van der Waals surface area (Å²) in [5.41, 5.74) is 0.461. The molecule has 2 rings (SSSR count). The Kier molecular flexibility index (Phi) is 4.13. The molecule has 0 aliphatic heterocycles. The van der Waals surface area contributed by atoms with Crippen LogP contribution in [-0.2, 0) is 0 Å². The van der Waals surface area contributed by atoms with E-state index in [1.165, 1.54) is 38.6 Å². The summed E-state index contributed by atoms with van der Waals surface area (Å²) in [6, 6.07) is 5.80. The van der Waals surface area contributed by atoms with Gasteiger partial charge in [0, 0.05) is 17.8 Å². The van der Waals surface area contributed by atoms with Crippen molar-refractivity contribution in [1.82, 2.24) is 4.98 Å². The monoisotopic (exact) mass is 288 g/mol. The number of ether oxygens (including phenoxy) is 2. The van der Waals surface area contributed by atoms with Gasteiger partial charge in [0.1, 0.15) is 0 Å². The van der Waals surface area contributed by atoms with Gasteiger partial charge in [-0.1, -0.05) is 0 Å². The van der Waals surface area contributed by atoms with E-state index in [1.807, 2.05) is 0 Å². The lowest BCUT2D eigenvalue weighted by atomic mass is 10.0. The van der Waals surface area contributed by atoms with Crippen molar-refractivity contribution in [3.8, 4) is 22.8 Å². The van der Waals surface area contributed by atoms with Crippen LogP contribution in [0.5, 0.6) is 11.5 Å². The van der Waals surface area contributed by atoms with E-state index in [0.29, 0.717) is 12.0 Å². The van der Waals surface area contributed by atoms with E-state index in [0.717, 1.165) is 0 Å². The first-order valence-electron chi connectivity index (χ1n) is 5.93. The molecular weight excluding hydrogens is 276 g/mol. The van der Waals surface area contributed by atoms with Crippen molar-refractivity contribution in [2.45, 2.75) is 0 Å². The fourth-order valence-electron chi connectivity index (χ4n) is 1.95. The lowest BCUT2D eigenvalue weighted by Crippen LogP contribution is -1.99. The molecule has 0 bridgehead atoms. The minimum Gasteiger partial charge on any atom is -0.493 e. The lowest BCUT2D eigenvalue weighted by Gasteiger charge is -2.11. The predicted molar refractivity (Wildman–Crippen MR) is 74.8 cm³/mol. The van der Waals surface area contributed by atoms with E-state index >= 15 is 0 Å². The summed E-state index contributed by atoms with van der Waals surface area (Å²) in [5, 5.41) is 11.3. The first-order chi connectivity index (χ1) is 10.1. The van der Waals surface area contributed by atoms with Crippen LogP contribution in [0.4, 0.5) is 5.69 Å². The van der Waals surface area contributed by atoms with Crippen molar-refractivity contribution < 1.29 is 19.2 Å². The molecule has 21 heavy (non-hydrogen) atoms. The molecule has 0 fully saturated rings. The van der Waals surface area contributed by atoms with Crippen molar-refractivity contribution in [1.29, 1.82) is 0 Å². The molecule has 0 saturated heterocycles. The zero-order valence-corrected chi connectivity index (χ0v) is 11.4. The van der Waals surface area contributed by atoms with Gasteiger partial charge < -0.3 is 9.47 Å². The highest BCUT2D eigenvalue weighted by Crippen LogP contribution is 2.39. The zero-order valence-electron chi connectivity index (χ0n) is 11.4. The van der Waals surface area contributed by atoms with Crippen LogP contribution in [0.2, 0.25) is 0 Å². The summed E-state index contributed by atoms with van der Waals surface area (Å²) in [7, 11) is 2.81. The van der Waals surface area contributed by atoms with Crippen LogP contribution in [0, 0.1) is 10.1 Å². The van der Waals surface area contributed by atoms with Crippen LogP contribution >= 0.6 is 0 Å². The van der Waals surface area contributed by atoms with Gasteiger partial charge in [-0.05, 0) is 12.1 Å². The van der Waals surface area contributed by atoms with Gasteiger partial charge in [-0.25, -0.2) is 0 Å². The molecular formula is C14H12N2O5. The Morgan fingerprint density at radius 3 is 2.48 bits per heavy atom. The van der Waals surface area contributed by atoms with Gasteiger partial charge in [0.15, 0.2) is 17.8 Å². The number of rotatable bonds is 5. The van der Waals surface area contributed by atoms with Gasteiger partial charge in [0.2, 0.25) is 0 Å². The topological polar surface area (TPSA) is 91.6 Å². The Morgan fingerprint density at radius 1 is 1.24 bits per heavy atom. The van der Waals surface area contributed by atoms with Crippen molar-refractivity contribution in [2.75, 3.05) is 14.2 Å². The molecule has 0 spiro atoms. The van der Waals surface area contributed by atoms with Crippen LogP contribution < -0.4 is 9.47 Å². The lowest BCUT2D eigenvalue weighted by molar-refractivity contribution is -0.384. The van der Waals surface area contributed by atoms with Crippen molar-refractivity contribution in [2.24, 2.45) is 0 Å². The third kappa shape index (κ3) is 2.66. The maximum atomic E-state index is 11.3. The van der Waals surface area contributed by atoms with Crippen molar-refractivity contribution in [3.63, 3.8) is 0 Å². The highest BCUT2D eigenvalue weighted by Gasteiger charge is 2.23. The van der Waals surface area contributed by atoms with Crippen LogP contribution in [0.15, 0.2) is 30.5 Å². The van der Waals surface area contributed by atoms with E-state index in [-0.39, 0.29) is 28.3 Å². The number of methoxy groups -OCH3 is 2. The van der Waals surface area contributed by atoms with E-state index in [4.69, 9.17) is 9.47 Å². The highest BCUT2D eigenvalue weighted by atomic mass is 16.6. The van der Waals surface area contributed by atoms with Gasteiger partial charge in [-0.3, -0.25) is 19.9 Å². The van der Waals surface area contributed by atoms with Crippen LogP contribution in [0.25, 0.3) is 11.3 Å². The zero-order chi connectivity index (χ0) is 15.4. The number of hydrogen-bond acceptors (Lipinski definition) is 6. The van der Waals surface area contributed by atoms with Crippen LogP contribution in [0.1, 0.15) is 10.4 Å². The number of aromatic nitrogens is 1. The van der Waals surface area contributed by atoms with E-state index in [1.54, 1.807) is 6.07 Å². The number of hydrogen-bond donors (Lipinski definition) is 0. The number of aldehydes is 1. The Balaban J connectivity index is 2.77. The molecule has 0 aliphatic rings. The number of nitro groups is 1. The quantitative estimate of drug-likeness (QED) is 0.477. The molecule has 0 aliphatic carbocycles. The molecule has 0 amide bonds. The second-order valence-electron chi connectivity index (χ2n) is 4.04. The maximum Gasteiger partial charge on any atom is 0.282 e. The fourth-order valence-corrected chi connectivity index (χ4v) is 1.95. The predicted octanol–water partition coefficient (Wildman–Crippen LogP) is 2.49. The highest BCUT2D eigenvalue weighted by molar-refractivity contribution is 5.89. The van der Waals surface area contributed by atoms with E-state index < -0.39 is 4.92 Å². The maximum absolute atomic E-state index is 11.3. The SMILES string of the molecule is COc1cc(-c2ncccc2C=O)c([N+](=O)[O-])cc1OC. The third-order valence-electron chi connectivity index (χ3n) is 2.92. The molecule has 0 radical (unpaired) electrons. The molecule has 108 valence electrons. The first-order valence-corrected chi connectivity index (χ1v) is 5.93. The summed E-state index contributed by atoms with van der Waals surface area (Å²) in [5.74, 6) is 0.553.